The second-order valence-corrected chi connectivity index (χ2v) is 6.44. The molecule has 0 amide bonds. The Labute approximate surface area is 98.8 Å². The van der Waals surface area contributed by atoms with E-state index in [1.165, 1.54) is 13.5 Å². The van der Waals surface area contributed by atoms with E-state index in [0.29, 0.717) is 5.92 Å². The Morgan fingerprint density at radius 3 is 2.75 bits per heavy atom. The van der Waals surface area contributed by atoms with Crippen LogP contribution in [0.5, 0.6) is 0 Å². The van der Waals surface area contributed by atoms with Crippen molar-refractivity contribution in [2.75, 3.05) is 19.5 Å². The zero-order valence-corrected chi connectivity index (χ0v) is 11.1. The minimum atomic E-state index is -3.15. The molecule has 0 spiro atoms. The predicted octanol–water partition coefficient (Wildman–Crippen LogP) is 1.52. The predicted molar refractivity (Wildman–Crippen MR) is 64.8 cm³/mol. The fraction of sp³-hybridized carbons (Fsp3) is 1.00. The molecule has 0 bridgehead atoms. The normalized spacial score (nSPS) is 26.9. The fourth-order valence-corrected chi connectivity index (χ4v) is 3.50. The van der Waals surface area contributed by atoms with Crippen LogP contribution in [0.1, 0.15) is 39.0 Å². The Morgan fingerprint density at radius 2 is 2.12 bits per heavy atom. The molecule has 0 aliphatic heterocycles. The minimum Gasteiger partial charge on any atom is -0.384 e. The van der Waals surface area contributed by atoms with Crippen LogP contribution in [0, 0.1) is 5.92 Å². The van der Waals surface area contributed by atoms with E-state index in [4.69, 9.17) is 4.74 Å². The van der Waals surface area contributed by atoms with Gasteiger partial charge in [-0.25, -0.2) is 13.1 Å². The summed E-state index contributed by atoms with van der Waals surface area (Å²) < 4.78 is 30.9. The lowest BCUT2D eigenvalue weighted by Gasteiger charge is -2.28. The van der Waals surface area contributed by atoms with Gasteiger partial charge >= 0.3 is 0 Å². The smallest absolute Gasteiger partial charge is 0.214 e. The molecule has 5 heteroatoms. The largest absolute Gasteiger partial charge is 0.384 e. The van der Waals surface area contributed by atoms with Crippen molar-refractivity contribution in [2.45, 2.75) is 45.1 Å². The van der Waals surface area contributed by atoms with Gasteiger partial charge in [-0.05, 0) is 18.8 Å². The maximum absolute atomic E-state index is 11.7. The van der Waals surface area contributed by atoms with Gasteiger partial charge in [0.05, 0.1) is 12.4 Å². The van der Waals surface area contributed by atoms with Gasteiger partial charge in [0.25, 0.3) is 0 Å². The number of ether oxygens (including phenoxy) is 1. The van der Waals surface area contributed by atoms with Crippen molar-refractivity contribution in [3.8, 4) is 0 Å². The molecular formula is C11H23NO3S. The second-order valence-electron chi connectivity index (χ2n) is 4.57. The molecule has 16 heavy (non-hydrogen) atoms. The topological polar surface area (TPSA) is 55.4 Å². The van der Waals surface area contributed by atoms with Crippen LogP contribution in [-0.4, -0.2) is 33.9 Å². The van der Waals surface area contributed by atoms with Crippen LogP contribution < -0.4 is 4.72 Å². The van der Waals surface area contributed by atoms with E-state index in [1.807, 2.05) is 0 Å². The molecule has 1 rings (SSSR count). The first-order valence-electron chi connectivity index (χ1n) is 6.06. The minimum absolute atomic E-state index is 0.0663. The van der Waals surface area contributed by atoms with E-state index < -0.39 is 10.0 Å². The van der Waals surface area contributed by atoms with Gasteiger partial charge < -0.3 is 4.74 Å². The van der Waals surface area contributed by atoms with Gasteiger partial charge in [-0.3, -0.25) is 0 Å². The molecule has 1 N–H and O–H groups in total. The van der Waals surface area contributed by atoms with Crippen LogP contribution in [0.4, 0.5) is 0 Å². The lowest BCUT2D eigenvalue weighted by Crippen LogP contribution is -2.40. The first-order valence-corrected chi connectivity index (χ1v) is 7.71. The number of nitrogens with one attached hydrogen (secondary N) is 1. The van der Waals surface area contributed by atoms with Crippen LogP contribution in [0.3, 0.4) is 0 Å². The molecule has 1 fully saturated rings. The molecule has 1 saturated carbocycles. The van der Waals surface area contributed by atoms with Crippen molar-refractivity contribution in [3.05, 3.63) is 0 Å². The molecule has 2 atom stereocenters. The molecule has 96 valence electrons. The maximum Gasteiger partial charge on any atom is 0.214 e. The summed E-state index contributed by atoms with van der Waals surface area (Å²) in [6, 6.07) is 0.139. The van der Waals surface area contributed by atoms with Gasteiger partial charge in [0.15, 0.2) is 0 Å². The molecule has 1 aliphatic carbocycles. The van der Waals surface area contributed by atoms with Crippen molar-refractivity contribution < 1.29 is 13.2 Å². The highest BCUT2D eigenvalue weighted by atomic mass is 32.2. The molecule has 0 aromatic rings. The third-order valence-corrected chi connectivity index (χ3v) is 4.66. The van der Waals surface area contributed by atoms with Crippen LogP contribution in [0.25, 0.3) is 0 Å². The summed E-state index contributed by atoms with van der Waals surface area (Å²) in [7, 11) is -1.63. The highest BCUT2D eigenvalue weighted by molar-refractivity contribution is 7.89. The molecule has 0 aromatic carbocycles. The Kier molecular flexibility index (Phi) is 5.72. The molecule has 4 nitrogen and oxygen atoms in total. The zero-order chi connectivity index (χ0) is 12.0. The van der Waals surface area contributed by atoms with Crippen LogP contribution in [-0.2, 0) is 14.8 Å². The molecule has 0 saturated heterocycles. The lowest BCUT2D eigenvalue weighted by atomic mass is 9.85. The van der Waals surface area contributed by atoms with Crippen molar-refractivity contribution in [2.24, 2.45) is 5.92 Å². The number of hydrogen-bond donors (Lipinski definition) is 1. The van der Waals surface area contributed by atoms with Crippen LogP contribution in [0.2, 0.25) is 0 Å². The fourth-order valence-electron chi connectivity index (χ4n) is 2.27. The standard InChI is InChI=1S/C11H23NO3S/c1-3-10-5-4-6-11(9-10)12-16(13,14)8-7-15-2/h10-12H,3-9H2,1-2H3/t10-,11-/m0/s1. The quantitative estimate of drug-likeness (QED) is 0.776. The molecule has 0 radical (unpaired) electrons. The van der Waals surface area contributed by atoms with E-state index in [0.717, 1.165) is 25.7 Å². The van der Waals surface area contributed by atoms with Crippen molar-refractivity contribution in [3.63, 3.8) is 0 Å². The summed E-state index contributed by atoms with van der Waals surface area (Å²) in [5, 5.41) is 0. The van der Waals surface area contributed by atoms with Crippen LogP contribution >= 0.6 is 0 Å². The average Bonchev–Trinajstić information content (AvgIpc) is 2.26. The first-order chi connectivity index (χ1) is 7.57. The summed E-state index contributed by atoms with van der Waals surface area (Å²) in [4.78, 5) is 0. The van der Waals surface area contributed by atoms with Gasteiger partial charge in [-0.2, -0.15) is 0 Å². The Hall–Kier alpha value is -0.130. The highest BCUT2D eigenvalue weighted by Crippen LogP contribution is 2.26. The number of sulfonamides is 1. The summed E-state index contributed by atoms with van der Waals surface area (Å²) in [6.45, 7) is 2.44. The summed E-state index contributed by atoms with van der Waals surface area (Å²) >= 11 is 0. The van der Waals surface area contributed by atoms with Crippen LogP contribution in [0.15, 0.2) is 0 Å². The van der Waals surface area contributed by atoms with E-state index in [-0.39, 0.29) is 18.4 Å². The third kappa shape index (κ3) is 4.80. The van der Waals surface area contributed by atoms with Gasteiger partial charge in [0.1, 0.15) is 0 Å². The lowest BCUT2D eigenvalue weighted by molar-refractivity contribution is 0.216. The number of hydrogen-bond acceptors (Lipinski definition) is 3. The Morgan fingerprint density at radius 1 is 1.38 bits per heavy atom. The monoisotopic (exact) mass is 249 g/mol. The summed E-state index contributed by atoms with van der Waals surface area (Å²) in [6.07, 6.45) is 5.49. The Bertz CT molecular complexity index is 290. The van der Waals surface area contributed by atoms with E-state index in [1.54, 1.807) is 0 Å². The molecule has 0 unspecified atom stereocenters. The number of rotatable bonds is 6. The van der Waals surface area contributed by atoms with E-state index in [9.17, 15) is 8.42 Å². The molecule has 0 heterocycles. The van der Waals surface area contributed by atoms with E-state index >= 15 is 0 Å². The summed E-state index contributed by atoms with van der Waals surface area (Å²) in [5.74, 6) is 0.750. The number of methoxy groups -OCH3 is 1. The maximum atomic E-state index is 11.7. The van der Waals surface area contributed by atoms with Gasteiger partial charge in [-0.15, -0.1) is 0 Å². The SMILES string of the molecule is CC[C@H]1CCC[C@H](NS(=O)(=O)CCOC)C1. The van der Waals surface area contributed by atoms with Gasteiger partial charge in [0.2, 0.25) is 10.0 Å². The van der Waals surface area contributed by atoms with Crippen molar-refractivity contribution in [1.29, 1.82) is 0 Å². The molecular weight excluding hydrogens is 226 g/mol. The second kappa shape index (κ2) is 6.57. The Balaban J connectivity index is 2.40. The first kappa shape index (κ1) is 13.9. The molecule has 1 aliphatic rings. The zero-order valence-electron chi connectivity index (χ0n) is 10.2. The van der Waals surface area contributed by atoms with Gasteiger partial charge in [-0.1, -0.05) is 26.2 Å². The molecule has 0 aromatic heterocycles. The van der Waals surface area contributed by atoms with Crippen molar-refractivity contribution in [1.82, 2.24) is 4.72 Å². The summed E-state index contributed by atoms with van der Waals surface area (Å²) in [5.41, 5.74) is 0. The van der Waals surface area contributed by atoms with Crippen molar-refractivity contribution >= 4 is 10.0 Å². The van der Waals surface area contributed by atoms with Gasteiger partial charge in [0, 0.05) is 13.2 Å². The third-order valence-electron chi connectivity index (χ3n) is 3.26. The van der Waals surface area contributed by atoms with E-state index in [2.05, 4.69) is 11.6 Å². The highest BCUT2D eigenvalue weighted by Gasteiger charge is 2.24. The average molecular weight is 249 g/mol.